The van der Waals surface area contributed by atoms with E-state index in [0.29, 0.717) is 22.9 Å². The molecule has 1 aliphatic rings. The Hall–Kier alpha value is -2.44. The molecular formula is C16H12Cl2N2O4. The van der Waals surface area contributed by atoms with Gasteiger partial charge in [-0.15, -0.1) is 0 Å². The van der Waals surface area contributed by atoms with E-state index in [1.54, 1.807) is 18.2 Å². The molecule has 0 aromatic heterocycles. The highest BCUT2D eigenvalue weighted by atomic mass is 35.5. The van der Waals surface area contributed by atoms with Gasteiger partial charge in [-0.25, -0.2) is 0 Å². The lowest BCUT2D eigenvalue weighted by molar-refractivity contribution is -0.118. The van der Waals surface area contributed by atoms with Crippen molar-refractivity contribution in [2.45, 2.75) is 0 Å². The third-order valence-corrected chi connectivity index (χ3v) is 3.90. The zero-order chi connectivity index (χ0) is 17.3. The van der Waals surface area contributed by atoms with Crippen LogP contribution in [-0.2, 0) is 4.79 Å². The van der Waals surface area contributed by atoms with E-state index in [1.165, 1.54) is 19.2 Å². The summed E-state index contributed by atoms with van der Waals surface area (Å²) >= 11 is 12.1. The minimum atomic E-state index is -0.399. The SMILES string of the molecule is COc1c(Cl)cc(C(=O)Nc2ccc3c(c2)NC(=O)CO3)cc1Cl. The average molecular weight is 367 g/mol. The second-order valence-corrected chi connectivity index (χ2v) is 5.79. The van der Waals surface area contributed by atoms with Gasteiger partial charge in [0.25, 0.3) is 11.8 Å². The molecule has 1 heterocycles. The zero-order valence-corrected chi connectivity index (χ0v) is 14.0. The number of anilines is 2. The highest BCUT2D eigenvalue weighted by Crippen LogP contribution is 2.34. The smallest absolute Gasteiger partial charge is 0.262 e. The number of amides is 2. The normalized spacial score (nSPS) is 12.7. The molecule has 2 aromatic rings. The van der Waals surface area contributed by atoms with Crippen LogP contribution in [-0.4, -0.2) is 25.5 Å². The maximum atomic E-state index is 12.4. The molecule has 1 aliphatic heterocycles. The highest BCUT2D eigenvalue weighted by molar-refractivity contribution is 6.37. The molecule has 0 fully saturated rings. The number of methoxy groups -OCH3 is 1. The lowest BCUT2D eigenvalue weighted by Gasteiger charge is -2.18. The number of fused-ring (bicyclic) bond motifs is 1. The summed E-state index contributed by atoms with van der Waals surface area (Å²) in [6.45, 7) is -0.0262. The number of halogens is 2. The number of hydrogen-bond donors (Lipinski definition) is 2. The molecule has 2 amide bonds. The summed E-state index contributed by atoms with van der Waals surface area (Å²) in [6, 6.07) is 7.87. The number of rotatable bonds is 3. The van der Waals surface area contributed by atoms with Gasteiger partial charge in [0.05, 0.1) is 22.8 Å². The summed E-state index contributed by atoms with van der Waals surface area (Å²) in [4.78, 5) is 23.7. The molecule has 0 spiro atoms. The van der Waals surface area contributed by atoms with Crippen molar-refractivity contribution in [2.75, 3.05) is 24.4 Å². The van der Waals surface area contributed by atoms with Crippen LogP contribution in [0.25, 0.3) is 0 Å². The summed E-state index contributed by atoms with van der Waals surface area (Å²) in [7, 11) is 1.44. The fraction of sp³-hybridized carbons (Fsp3) is 0.125. The summed E-state index contributed by atoms with van der Waals surface area (Å²) in [5, 5.41) is 5.86. The Morgan fingerprint density at radius 1 is 1.25 bits per heavy atom. The van der Waals surface area contributed by atoms with Crippen LogP contribution in [0.5, 0.6) is 11.5 Å². The lowest BCUT2D eigenvalue weighted by Crippen LogP contribution is -2.25. The van der Waals surface area contributed by atoms with Gasteiger partial charge in [-0.05, 0) is 30.3 Å². The third-order valence-electron chi connectivity index (χ3n) is 3.33. The summed E-state index contributed by atoms with van der Waals surface area (Å²) in [6.07, 6.45) is 0. The van der Waals surface area contributed by atoms with Crippen LogP contribution in [0.2, 0.25) is 10.0 Å². The Bertz CT molecular complexity index is 816. The van der Waals surface area contributed by atoms with E-state index in [1.807, 2.05) is 0 Å². The van der Waals surface area contributed by atoms with Crippen molar-refractivity contribution >= 4 is 46.4 Å². The first-order chi connectivity index (χ1) is 11.5. The molecule has 0 radical (unpaired) electrons. The summed E-state index contributed by atoms with van der Waals surface area (Å²) < 4.78 is 10.3. The van der Waals surface area contributed by atoms with E-state index in [2.05, 4.69) is 10.6 Å². The minimum absolute atomic E-state index is 0.0262. The Labute approximate surface area is 147 Å². The maximum absolute atomic E-state index is 12.4. The fourth-order valence-corrected chi connectivity index (χ4v) is 2.89. The second kappa shape index (κ2) is 6.59. The summed E-state index contributed by atoms with van der Waals surface area (Å²) in [5.74, 6) is 0.204. The van der Waals surface area contributed by atoms with Gasteiger partial charge in [-0.3, -0.25) is 9.59 Å². The van der Waals surface area contributed by atoms with Crippen molar-refractivity contribution in [3.63, 3.8) is 0 Å². The number of benzene rings is 2. The Morgan fingerprint density at radius 3 is 2.62 bits per heavy atom. The molecule has 3 rings (SSSR count). The number of carbonyl (C=O) groups is 2. The van der Waals surface area contributed by atoms with Crippen LogP contribution in [0, 0.1) is 0 Å². The van der Waals surface area contributed by atoms with Crippen molar-refractivity contribution in [1.29, 1.82) is 0 Å². The zero-order valence-electron chi connectivity index (χ0n) is 12.5. The van der Waals surface area contributed by atoms with E-state index in [0.717, 1.165) is 0 Å². The van der Waals surface area contributed by atoms with Gasteiger partial charge in [0.15, 0.2) is 12.4 Å². The van der Waals surface area contributed by atoms with Crippen molar-refractivity contribution in [3.8, 4) is 11.5 Å². The lowest BCUT2D eigenvalue weighted by atomic mass is 10.2. The highest BCUT2D eigenvalue weighted by Gasteiger charge is 2.18. The van der Waals surface area contributed by atoms with Crippen LogP contribution < -0.4 is 20.1 Å². The Morgan fingerprint density at radius 2 is 1.96 bits per heavy atom. The van der Waals surface area contributed by atoms with Gasteiger partial charge in [-0.1, -0.05) is 23.2 Å². The Kier molecular flexibility index (Phi) is 4.51. The van der Waals surface area contributed by atoms with Gasteiger partial charge in [0.1, 0.15) is 5.75 Å². The van der Waals surface area contributed by atoms with Crippen LogP contribution in [0.4, 0.5) is 11.4 Å². The number of hydrogen-bond acceptors (Lipinski definition) is 4. The number of nitrogens with one attached hydrogen (secondary N) is 2. The molecule has 0 bridgehead atoms. The predicted molar refractivity (Wildman–Crippen MR) is 91.5 cm³/mol. The van der Waals surface area contributed by atoms with E-state index in [-0.39, 0.29) is 28.1 Å². The van der Waals surface area contributed by atoms with Crippen LogP contribution in [0.3, 0.4) is 0 Å². The van der Waals surface area contributed by atoms with Crippen molar-refractivity contribution in [2.24, 2.45) is 0 Å². The molecule has 6 nitrogen and oxygen atoms in total. The quantitative estimate of drug-likeness (QED) is 0.870. The topological polar surface area (TPSA) is 76.7 Å². The molecule has 124 valence electrons. The van der Waals surface area contributed by atoms with Gasteiger partial charge < -0.3 is 20.1 Å². The average Bonchev–Trinajstić information content (AvgIpc) is 2.54. The standard InChI is InChI=1S/C16H12Cl2N2O4/c1-23-15-10(17)4-8(5-11(15)18)16(22)19-9-2-3-13-12(6-9)20-14(21)7-24-13/h2-6H,7H2,1H3,(H,19,22)(H,20,21). The second-order valence-electron chi connectivity index (χ2n) is 4.98. The molecule has 2 N–H and O–H groups in total. The van der Waals surface area contributed by atoms with Crippen LogP contribution in [0.1, 0.15) is 10.4 Å². The number of ether oxygens (including phenoxy) is 2. The predicted octanol–water partition coefficient (Wildman–Crippen LogP) is 3.59. The molecule has 0 atom stereocenters. The fourth-order valence-electron chi connectivity index (χ4n) is 2.25. The largest absolute Gasteiger partial charge is 0.494 e. The van der Waals surface area contributed by atoms with Crippen molar-refractivity contribution in [1.82, 2.24) is 0 Å². The third kappa shape index (κ3) is 3.25. The van der Waals surface area contributed by atoms with Gasteiger partial charge in [0.2, 0.25) is 0 Å². The van der Waals surface area contributed by atoms with Crippen LogP contribution in [0.15, 0.2) is 30.3 Å². The van der Waals surface area contributed by atoms with E-state index < -0.39 is 5.91 Å². The van der Waals surface area contributed by atoms with Gasteiger partial charge >= 0.3 is 0 Å². The molecule has 0 saturated carbocycles. The monoisotopic (exact) mass is 366 g/mol. The van der Waals surface area contributed by atoms with Gasteiger partial charge in [0, 0.05) is 11.3 Å². The molecular weight excluding hydrogens is 355 g/mol. The van der Waals surface area contributed by atoms with E-state index >= 15 is 0 Å². The van der Waals surface area contributed by atoms with Crippen molar-refractivity contribution in [3.05, 3.63) is 45.9 Å². The summed E-state index contributed by atoms with van der Waals surface area (Å²) in [5.41, 5.74) is 1.27. The Balaban J connectivity index is 1.83. The van der Waals surface area contributed by atoms with Gasteiger partial charge in [-0.2, -0.15) is 0 Å². The molecule has 0 aliphatic carbocycles. The molecule has 2 aromatic carbocycles. The van der Waals surface area contributed by atoms with Crippen LogP contribution >= 0.6 is 23.2 Å². The maximum Gasteiger partial charge on any atom is 0.262 e. The first-order valence-electron chi connectivity index (χ1n) is 6.89. The minimum Gasteiger partial charge on any atom is -0.494 e. The molecule has 0 saturated heterocycles. The first kappa shape index (κ1) is 16.4. The van der Waals surface area contributed by atoms with E-state index in [9.17, 15) is 9.59 Å². The van der Waals surface area contributed by atoms with E-state index in [4.69, 9.17) is 32.7 Å². The number of carbonyl (C=O) groups excluding carboxylic acids is 2. The molecule has 24 heavy (non-hydrogen) atoms. The first-order valence-corrected chi connectivity index (χ1v) is 7.64. The molecule has 0 unspecified atom stereocenters. The van der Waals surface area contributed by atoms with Crippen molar-refractivity contribution < 1.29 is 19.1 Å². The molecule has 8 heteroatoms.